The number of hydrogen-bond donors (Lipinski definition) is 3. The van der Waals surface area contributed by atoms with Gasteiger partial charge in [-0.3, -0.25) is 0 Å². The van der Waals surface area contributed by atoms with E-state index in [9.17, 15) is 10.2 Å². The lowest BCUT2D eigenvalue weighted by Crippen LogP contribution is -2.35. The molecule has 0 aliphatic heterocycles. The Bertz CT molecular complexity index is 774. The fraction of sp³-hybridized carbons (Fsp3) is 0.714. The maximum absolute atomic E-state index is 10.7. The second kappa shape index (κ2) is 11.1. The topological polar surface area (TPSA) is 60.7 Å². The Morgan fingerprint density at radius 3 is 2.59 bits per heavy atom. The van der Waals surface area contributed by atoms with E-state index < -0.39 is 11.7 Å². The molecule has 3 nitrogen and oxygen atoms in total. The van der Waals surface area contributed by atoms with Crippen molar-refractivity contribution in [3.05, 3.63) is 46.6 Å². The number of rotatable bonds is 8. The Balaban J connectivity index is 1.68. The number of thioether (sulfide) groups is 1. The van der Waals surface area contributed by atoms with Crippen LogP contribution in [0.4, 0.5) is 0 Å². The average Bonchev–Trinajstić information content (AvgIpc) is 3.15. The van der Waals surface area contributed by atoms with Crippen LogP contribution in [-0.4, -0.2) is 44.6 Å². The van der Waals surface area contributed by atoms with E-state index in [1.165, 1.54) is 24.8 Å². The van der Waals surface area contributed by atoms with Gasteiger partial charge in [-0.15, -0.1) is 0 Å². The summed E-state index contributed by atoms with van der Waals surface area (Å²) in [5.74, 6) is 1.39. The fourth-order valence-corrected chi connectivity index (χ4v) is 7.50. The molecule has 0 spiro atoms. The summed E-state index contributed by atoms with van der Waals surface area (Å²) in [5, 5.41) is 30.7. The molecule has 180 valence electrons. The second-order valence-corrected chi connectivity index (χ2v) is 11.7. The zero-order valence-corrected chi connectivity index (χ0v) is 21.4. The first kappa shape index (κ1) is 25.8. The summed E-state index contributed by atoms with van der Waals surface area (Å²) in [4.78, 5) is 0. The van der Waals surface area contributed by atoms with Gasteiger partial charge < -0.3 is 15.3 Å². The minimum atomic E-state index is -0.543. The summed E-state index contributed by atoms with van der Waals surface area (Å²) in [7, 11) is 0. The molecule has 0 radical (unpaired) electrons. The molecule has 3 rings (SSSR count). The lowest BCUT2D eigenvalue weighted by Gasteiger charge is -2.42. The molecular weight excluding hydrogens is 416 g/mol. The number of hydrogen-bond acceptors (Lipinski definition) is 4. The van der Waals surface area contributed by atoms with Crippen LogP contribution in [0.25, 0.3) is 0 Å². The third-order valence-electron chi connectivity index (χ3n) is 8.47. The van der Waals surface area contributed by atoms with Crippen molar-refractivity contribution in [2.45, 2.75) is 102 Å². The van der Waals surface area contributed by atoms with Gasteiger partial charge in [0.1, 0.15) is 0 Å². The van der Waals surface area contributed by atoms with Gasteiger partial charge in [-0.25, -0.2) is 0 Å². The van der Waals surface area contributed by atoms with Crippen molar-refractivity contribution in [2.75, 3.05) is 12.4 Å². The van der Waals surface area contributed by atoms with E-state index in [2.05, 4.69) is 45.9 Å². The third-order valence-corrected chi connectivity index (χ3v) is 9.93. The average molecular weight is 461 g/mol. The second-order valence-electron chi connectivity index (χ2n) is 10.4. The third kappa shape index (κ3) is 5.63. The number of allylic oxidation sites excluding steroid dienone is 4. The standard InChI is InChI=1S/C28H44O3S/c1-5-28(31,6-2)19-32-20(3)24-13-14-25-22(8-7-16-27(24,25)4)11-9-21-10-12-23(15-17-29)26(30)18-21/h9,11,13,15,20,25-26,29-31H,5-8,10,12,14,16-19H2,1-4H3/b21-9-,22-11+,23-15+/t20-,25?,26-,27?/m1/s1. The number of fused-ring (bicyclic) bond motifs is 1. The smallest absolute Gasteiger partial charge is 0.0788 e. The van der Waals surface area contributed by atoms with E-state index in [1.54, 1.807) is 17.2 Å². The van der Waals surface area contributed by atoms with Gasteiger partial charge >= 0.3 is 0 Å². The molecule has 0 bridgehead atoms. The maximum Gasteiger partial charge on any atom is 0.0788 e. The molecule has 0 aromatic carbocycles. The van der Waals surface area contributed by atoms with Crippen molar-refractivity contribution in [2.24, 2.45) is 11.3 Å². The van der Waals surface area contributed by atoms with Crippen LogP contribution < -0.4 is 0 Å². The van der Waals surface area contributed by atoms with Crippen LogP contribution in [0.1, 0.15) is 85.5 Å². The summed E-state index contributed by atoms with van der Waals surface area (Å²) in [6.45, 7) is 8.98. The molecule has 3 aliphatic carbocycles. The Labute approximate surface area is 199 Å². The van der Waals surface area contributed by atoms with Crippen molar-refractivity contribution in [3.8, 4) is 0 Å². The van der Waals surface area contributed by atoms with Gasteiger partial charge in [0.15, 0.2) is 0 Å². The summed E-state index contributed by atoms with van der Waals surface area (Å²) in [6.07, 6.45) is 17.4. The van der Waals surface area contributed by atoms with E-state index in [4.69, 9.17) is 5.11 Å². The molecular formula is C28H44O3S. The Hall–Kier alpha value is -0.810. The van der Waals surface area contributed by atoms with Gasteiger partial charge in [-0.2, -0.15) is 11.8 Å². The molecule has 4 atom stereocenters. The quantitative estimate of drug-likeness (QED) is 0.382. The molecule has 4 heteroatoms. The van der Waals surface area contributed by atoms with Crippen molar-refractivity contribution in [1.82, 2.24) is 0 Å². The molecule has 0 aromatic heterocycles. The van der Waals surface area contributed by atoms with Crippen LogP contribution in [0.2, 0.25) is 0 Å². The highest BCUT2D eigenvalue weighted by Gasteiger charge is 2.46. The van der Waals surface area contributed by atoms with Crippen molar-refractivity contribution in [1.29, 1.82) is 0 Å². The molecule has 0 saturated heterocycles. The predicted molar refractivity (Wildman–Crippen MR) is 137 cm³/mol. The Morgan fingerprint density at radius 2 is 1.94 bits per heavy atom. The zero-order valence-electron chi connectivity index (χ0n) is 20.6. The van der Waals surface area contributed by atoms with Crippen LogP contribution in [0.15, 0.2) is 46.6 Å². The Kier molecular flexibility index (Phi) is 8.93. The zero-order chi connectivity index (χ0) is 23.4. The van der Waals surface area contributed by atoms with E-state index >= 15 is 0 Å². The van der Waals surface area contributed by atoms with Gasteiger partial charge in [0.05, 0.1) is 18.3 Å². The molecule has 2 unspecified atom stereocenters. The molecule has 0 aromatic rings. The van der Waals surface area contributed by atoms with E-state index in [1.807, 2.05) is 11.8 Å². The molecule has 2 saturated carbocycles. The molecule has 3 aliphatic rings. The number of aliphatic hydroxyl groups excluding tert-OH is 2. The van der Waals surface area contributed by atoms with Crippen molar-refractivity contribution < 1.29 is 15.3 Å². The summed E-state index contributed by atoms with van der Waals surface area (Å²) in [6, 6.07) is 0. The van der Waals surface area contributed by atoms with Crippen LogP contribution in [0.5, 0.6) is 0 Å². The largest absolute Gasteiger partial charge is 0.392 e. The lowest BCUT2D eigenvalue weighted by atomic mass is 9.64. The minimum Gasteiger partial charge on any atom is -0.392 e. The Morgan fingerprint density at radius 1 is 1.19 bits per heavy atom. The molecule has 0 heterocycles. The predicted octanol–water partition coefficient (Wildman–Crippen LogP) is 6.11. The SMILES string of the molecule is CCC(O)(CC)CS[C@H](C)C1=CCC2/C(=C/C=C3/CC/C(=C\CO)[C@H](O)C3)CCCC12C. The summed E-state index contributed by atoms with van der Waals surface area (Å²) < 4.78 is 0. The molecule has 0 amide bonds. The first-order valence-corrected chi connectivity index (χ1v) is 13.7. The highest BCUT2D eigenvalue weighted by molar-refractivity contribution is 8.00. The van der Waals surface area contributed by atoms with Crippen LogP contribution in [-0.2, 0) is 0 Å². The van der Waals surface area contributed by atoms with Crippen LogP contribution in [0.3, 0.4) is 0 Å². The molecule has 2 fully saturated rings. The van der Waals surface area contributed by atoms with E-state index in [0.29, 0.717) is 17.6 Å². The van der Waals surface area contributed by atoms with Crippen molar-refractivity contribution >= 4 is 11.8 Å². The summed E-state index contributed by atoms with van der Waals surface area (Å²) in [5.41, 5.74) is 5.15. The first-order valence-electron chi connectivity index (χ1n) is 12.7. The van der Waals surface area contributed by atoms with Gasteiger partial charge in [0.25, 0.3) is 0 Å². The van der Waals surface area contributed by atoms with Crippen LogP contribution >= 0.6 is 11.8 Å². The van der Waals surface area contributed by atoms with Gasteiger partial charge in [-0.05, 0) is 81.6 Å². The van der Waals surface area contributed by atoms with Crippen LogP contribution in [0, 0.1) is 11.3 Å². The van der Waals surface area contributed by atoms with E-state index in [-0.39, 0.29) is 12.0 Å². The first-order chi connectivity index (χ1) is 15.3. The molecule has 32 heavy (non-hydrogen) atoms. The summed E-state index contributed by atoms with van der Waals surface area (Å²) >= 11 is 1.93. The van der Waals surface area contributed by atoms with Gasteiger partial charge in [-0.1, -0.05) is 61.8 Å². The van der Waals surface area contributed by atoms with Gasteiger partial charge in [0, 0.05) is 11.0 Å². The maximum atomic E-state index is 10.7. The monoisotopic (exact) mass is 460 g/mol. The minimum absolute atomic E-state index is 0.0119. The lowest BCUT2D eigenvalue weighted by molar-refractivity contribution is 0.0571. The highest BCUT2D eigenvalue weighted by Crippen LogP contribution is 2.57. The van der Waals surface area contributed by atoms with Crippen molar-refractivity contribution in [3.63, 3.8) is 0 Å². The van der Waals surface area contributed by atoms with E-state index in [0.717, 1.165) is 43.4 Å². The fourth-order valence-electron chi connectivity index (χ4n) is 5.99. The van der Waals surface area contributed by atoms with Gasteiger partial charge in [0.2, 0.25) is 0 Å². The molecule has 3 N–H and O–H groups in total. The number of aliphatic hydroxyl groups is 3. The normalized spacial score (nSPS) is 33.6. The highest BCUT2D eigenvalue weighted by atomic mass is 32.2.